The molecule has 2 N–H and O–H groups in total. The summed E-state index contributed by atoms with van der Waals surface area (Å²) < 4.78 is 26.7. The van der Waals surface area contributed by atoms with Crippen LogP contribution >= 0.6 is 11.3 Å². The first-order chi connectivity index (χ1) is 16.0. The molecule has 10 heteroatoms. The number of benzene rings is 2. The molecule has 33 heavy (non-hydrogen) atoms. The van der Waals surface area contributed by atoms with Crippen molar-refractivity contribution < 1.29 is 13.2 Å². The second-order valence-corrected chi connectivity index (χ2v) is 10.8. The molecule has 5 rings (SSSR count). The Hall–Kier alpha value is -3.50. The van der Waals surface area contributed by atoms with Gasteiger partial charge in [0.1, 0.15) is 4.21 Å². The van der Waals surface area contributed by atoms with Gasteiger partial charge in [-0.25, -0.2) is 23.2 Å². The zero-order valence-electron chi connectivity index (χ0n) is 17.6. The first kappa shape index (κ1) is 21.4. The zero-order valence-corrected chi connectivity index (χ0v) is 19.2. The minimum Gasteiger partial charge on any atom is -0.352 e. The number of urea groups is 1. The van der Waals surface area contributed by atoms with E-state index in [0.717, 1.165) is 15.6 Å². The molecule has 1 aliphatic rings. The van der Waals surface area contributed by atoms with E-state index in [1.165, 1.54) is 11.3 Å². The SMILES string of the molecule is O=C1NCCN1CCNc1nccc(-c2ccc(S(=O)(=O)c3ccc4ccccc4c3)s2)n1. The molecule has 2 aromatic carbocycles. The Morgan fingerprint density at radius 1 is 1.06 bits per heavy atom. The molecule has 4 aromatic rings. The molecule has 168 valence electrons. The quantitative estimate of drug-likeness (QED) is 0.420. The number of aromatic nitrogens is 2. The third-order valence-corrected chi connectivity index (χ3v) is 8.75. The molecule has 0 radical (unpaired) electrons. The highest BCUT2D eigenvalue weighted by molar-refractivity contribution is 7.93. The molecule has 2 aromatic heterocycles. The van der Waals surface area contributed by atoms with E-state index in [-0.39, 0.29) is 15.1 Å². The smallest absolute Gasteiger partial charge is 0.317 e. The van der Waals surface area contributed by atoms with Gasteiger partial charge in [-0.3, -0.25) is 0 Å². The molecule has 1 fully saturated rings. The van der Waals surface area contributed by atoms with Gasteiger partial charge in [-0.2, -0.15) is 0 Å². The third kappa shape index (κ3) is 4.39. The number of hydrogen-bond donors (Lipinski definition) is 2. The zero-order chi connectivity index (χ0) is 22.8. The van der Waals surface area contributed by atoms with Crippen LogP contribution in [0.1, 0.15) is 0 Å². The molecule has 0 atom stereocenters. The molecule has 2 amide bonds. The summed E-state index contributed by atoms with van der Waals surface area (Å²) in [6.07, 6.45) is 1.63. The van der Waals surface area contributed by atoms with Gasteiger partial charge in [-0.15, -0.1) is 11.3 Å². The summed E-state index contributed by atoms with van der Waals surface area (Å²) in [5, 5.41) is 7.77. The van der Waals surface area contributed by atoms with Crippen LogP contribution < -0.4 is 10.6 Å². The maximum absolute atomic E-state index is 13.2. The van der Waals surface area contributed by atoms with Crippen LogP contribution in [-0.2, 0) is 9.84 Å². The minimum atomic E-state index is -3.64. The number of nitrogens with zero attached hydrogens (tertiary/aromatic N) is 3. The summed E-state index contributed by atoms with van der Waals surface area (Å²) in [6, 6.07) is 17.9. The Balaban J connectivity index is 1.33. The van der Waals surface area contributed by atoms with Crippen molar-refractivity contribution in [3.8, 4) is 10.6 Å². The van der Waals surface area contributed by atoms with Crippen molar-refractivity contribution in [3.05, 3.63) is 66.9 Å². The first-order valence-corrected chi connectivity index (χ1v) is 12.7. The van der Waals surface area contributed by atoms with Crippen LogP contribution in [0, 0.1) is 0 Å². The average molecular weight is 480 g/mol. The summed E-state index contributed by atoms with van der Waals surface area (Å²) in [6.45, 7) is 2.41. The highest BCUT2D eigenvalue weighted by Crippen LogP contribution is 2.34. The highest BCUT2D eigenvalue weighted by atomic mass is 32.2. The number of anilines is 1. The number of carbonyl (C=O) groups is 1. The van der Waals surface area contributed by atoms with Gasteiger partial charge in [0, 0.05) is 32.4 Å². The van der Waals surface area contributed by atoms with Crippen LogP contribution in [0.5, 0.6) is 0 Å². The third-order valence-electron chi connectivity index (χ3n) is 5.40. The van der Waals surface area contributed by atoms with E-state index in [1.54, 1.807) is 41.4 Å². The molecule has 0 unspecified atom stereocenters. The Morgan fingerprint density at radius 2 is 1.91 bits per heavy atom. The number of sulfone groups is 1. The lowest BCUT2D eigenvalue weighted by atomic mass is 10.1. The lowest BCUT2D eigenvalue weighted by Crippen LogP contribution is -2.32. The second-order valence-electron chi connectivity index (χ2n) is 7.54. The number of carbonyl (C=O) groups excluding carboxylic acids is 1. The lowest BCUT2D eigenvalue weighted by molar-refractivity contribution is 0.219. The molecule has 0 bridgehead atoms. The number of hydrogen-bond acceptors (Lipinski definition) is 7. The Kier molecular flexibility index (Phi) is 5.69. The first-order valence-electron chi connectivity index (χ1n) is 10.4. The van der Waals surface area contributed by atoms with Crippen LogP contribution in [0.2, 0.25) is 0 Å². The largest absolute Gasteiger partial charge is 0.352 e. The monoisotopic (exact) mass is 479 g/mol. The number of rotatable bonds is 7. The summed E-state index contributed by atoms with van der Waals surface area (Å²) >= 11 is 1.18. The molecule has 0 spiro atoms. The van der Waals surface area contributed by atoms with E-state index >= 15 is 0 Å². The van der Waals surface area contributed by atoms with Crippen molar-refractivity contribution >= 4 is 43.9 Å². The predicted molar refractivity (Wildman–Crippen MR) is 128 cm³/mol. The van der Waals surface area contributed by atoms with Crippen LogP contribution in [0.3, 0.4) is 0 Å². The fourth-order valence-electron chi connectivity index (χ4n) is 3.66. The van der Waals surface area contributed by atoms with Gasteiger partial charge < -0.3 is 15.5 Å². The number of fused-ring (bicyclic) bond motifs is 1. The van der Waals surface area contributed by atoms with Crippen LogP contribution in [0.25, 0.3) is 21.3 Å². The predicted octanol–water partition coefficient (Wildman–Crippen LogP) is 3.63. The van der Waals surface area contributed by atoms with Crippen molar-refractivity contribution in [2.24, 2.45) is 0 Å². The maximum Gasteiger partial charge on any atom is 0.317 e. The molecular weight excluding hydrogens is 458 g/mol. The molecular formula is C23H21N5O3S2. The fraction of sp³-hybridized carbons (Fsp3) is 0.174. The summed E-state index contributed by atoms with van der Waals surface area (Å²) in [5.74, 6) is 0.430. The molecule has 0 aliphatic carbocycles. The van der Waals surface area contributed by atoms with Gasteiger partial charge in [-0.05, 0) is 41.1 Å². The van der Waals surface area contributed by atoms with Crippen LogP contribution in [0.4, 0.5) is 10.7 Å². The van der Waals surface area contributed by atoms with E-state index in [4.69, 9.17) is 0 Å². The molecule has 1 saturated heterocycles. The van der Waals surface area contributed by atoms with Crippen LogP contribution in [0.15, 0.2) is 76.0 Å². The van der Waals surface area contributed by atoms with E-state index in [9.17, 15) is 13.2 Å². The van der Waals surface area contributed by atoms with Gasteiger partial charge in [-0.1, -0.05) is 30.3 Å². The van der Waals surface area contributed by atoms with Crippen molar-refractivity contribution in [3.63, 3.8) is 0 Å². The van der Waals surface area contributed by atoms with Crippen molar-refractivity contribution in [2.45, 2.75) is 9.10 Å². The second kappa shape index (κ2) is 8.80. The minimum absolute atomic E-state index is 0.0646. The van der Waals surface area contributed by atoms with E-state index in [2.05, 4.69) is 20.6 Å². The Bertz CT molecular complexity index is 1430. The number of amides is 2. The van der Waals surface area contributed by atoms with Gasteiger partial charge in [0.25, 0.3) is 0 Å². The van der Waals surface area contributed by atoms with Crippen molar-refractivity contribution in [2.75, 3.05) is 31.5 Å². The highest BCUT2D eigenvalue weighted by Gasteiger charge is 2.21. The standard InChI is InChI=1S/C23H21N5O3S2/c29-23-26-12-14-28(23)13-11-25-22-24-10-9-19(27-22)20-7-8-21(32-20)33(30,31)18-6-5-16-3-1-2-4-17(16)15-18/h1-10,15H,11-14H2,(H,26,29)(H,24,25,27). The van der Waals surface area contributed by atoms with Gasteiger partial charge >= 0.3 is 6.03 Å². The van der Waals surface area contributed by atoms with Gasteiger partial charge in [0.05, 0.1) is 15.5 Å². The van der Waals surface area contributed by atoms with E-state index in [1.807, 2.05) is 30.3 Å². The maximum atomic E-state index is 13.2. The molecule has 1 aliphatic heterocycles. The summed E-state index contributed by atoms with van der Waals surface area (Å²) in [5.41, 5.74) is 0.636. The molecule has 8 nitrogen and oxygen atoms in total. The fourth-order valence-corrected chi connectivity index (χ4v) is 6.37. The normalized spacial score (nSPS) is 13.9. The Labute approximate surface area is 195 Å². The molecule has 3 heterocycles. The lowest BCUT2D eigenvalue weighted by Gasteiger charge is -2.14. The van der Waals surface area contributed by atoms with E-state index in [0.29, 0.717) is 37.8 Å². The average Bonchev–Trinajstić information content (AvgIpc) is 3.49. The van der Waals surface area contributed by atoms with Gasteiger partial charge in [0.2, 0.25) is 15.8 Å². The van der Waals surface area contributed by atoms with Crippen molar-refractivity contribution in [1.29, 1.82) is 0 Å². The van der Waals surface area contributed by atoms with Crippen LogP contribution in [-0.4, -0.2) is 55.5 Å². The van der Waals surface area contributed by atoms with Crippen molar-refractivity contribution in [1.82, 2.24) is 20.2 Å². The summed E-state index contributed by atoms with van der Waals surface area (Å²) in [7, 11) is -3.64. The number of thiophene rings is 1. The molecule has 0 saturated carbocycles. The number of nitrogens with one attached hydrogen (secondary N) is 2. The van der Waals surface area contributed by atoms with E-state index < -0.39 is 9.84 Å². The van der Waals surface area contributed by atoms with Gasteiger partial charge in [0.15, 0.2) is 0 Å². The summed E-state index contributed by atoms with van der Waals surface area (Å²) in [4.78, 5) is 23.1. The Morgan fingerprint density at radius 3 is 2.73 bits per heavy atom. The topological polar surface area (TPSA) is 104 Å².